The second kappa shape index (κ2) is 5.49. The van der Waals surface area contributed by atoms with E-state index in [0.717, 1.165) is 36.4 Å². The maximum absolute atomic E-state index is 5.59. The van der Waals surface area contributed by atoms with Crippen LogP contribution < -0.4 is 10.6 Å². The molecule has 1 fully saturated rings. The van der Waals surface area contributed by atoms with Crippen molar-refractivity contribution in [3.8, 4) is 0 Å². The number of hydrogen-bond acceptors (Lipinski definition) is 3. The molecule has 82 valence electrons. The van der Waals surface area contributed by atoms with Gasteiger partial charge >= 0.3 is 0 Å². The van der Waals surface area contributed by atoms with Crippen LogP contribution >= 0.6 is 15.9 Å². The molecule has 0 aromatic heterocycles. The van der Waals surface area contributed by atoms with Crippen LogP contribution in [-0.2, 0) is 4.74 Å². The van der Waals surface area contributed by atoms with E-state index < -0.39 is 0 Å². The maximum atomic E-state index is 5.59. The van der Waals surface area contributed by atoms with Crippen molar-refractivity contribution in [3.05, 3.63) is 28.7 Å². The van der Waals surface area contributed by atoms with Crippen LogP contribution in [0.5, 0.6) is 0 Å². The fourth-order valence-electron chi connectivity index (χ4n) is 1.55. The molecule has 0 radical (unpaired) electrons. The van der Waals surface area contributed by atoms with Crippen LogP contribution in [0.3, 0.4) is 0 Å². The largest absolute Gasteiger partial charge is 0.382 e. The van der Waals surface area contributed by atoms with Gasteiger partial charge in [-0.3, -0.25) is 0 Å². The average Bonchev–Trinajstić information content (AvgIpc) is 2.30. The van der Waals surface area contributed by atoms with Crippen molar-refractivity contribution in [2.45, 2.75) is 6.10 Å². The standard InChI is InChI=1S/C11H15BrN2O/c12-9-1-3-10(4-2-9)14-8-11-7-13-5-6-15-11/h1-4,11,13-14H,5-8H2. The third-order valence-corrected chi connectivity index (χ3v) is 2.91. The molecule has 1 atom stereocenters. The summed E-state index contributed by atoms with van der Waals surface area (Å²) in [4.78, 5) is 0. The zero-order valence-electron chi connectivity index (χ0n) is 8.50. The van der Waals surface area contributed by atoms with Crippen molar-refractivity contribution >= 4 is 21.6 Å². The molecule has 3 nitrogen and oxygen atoms in total. The van der Waals surface area contributed by atoms with Gasteiger partial charge in [0.15, 0.2) is 0 Å². The van der Waals surface area contributed by atoms with Crippen LogP contribution in [-0.4, -0.2) is 32.3 Å². The van der Waals surface area contributed by atoms with Gasteiger partial charge < -0.3 is 15.4 Å². The third-order valence-electron chi connectivity index (χ3n) is 2.38. The Hall–Kier alpha value is -0.580. The highest BCUT2D eigenvalue weighted by molar-refractivity contribution is 9.10. The Labute approximate surface area is 98.3 Å². The molecule has 1 saturated heterocycles. The second-order valence-electron chi connectivity index (χ2n) is 3.58. The Morgan fingerprint density at radius 3 is 2.87 bits per heavy atom. The van der Waals surface area contributed by atoms with Gasteiger partial charge in [0.1, 0.15) is 0 Å². The number of rotatable bonds is 3. The van der Waals surface area contributed by atoms with Crippen molar-refractivity contribution in [1.29, 1.82) is 0 Å². The molecule has 2 rings (SSSR count). The molecular formula is C11H15BrN2O. The highest BCUT2D eigenvalue weighted by Crippen LogP contribution is 2.14. The first kappa shape index (κ1) is 10.9. The zero-order chi connectivity index (χ0) is 10.5. The Bertz CT molecular complexity index is 296. The monoisotopic (exact) mass is 270 g/mol. The Morgan fingerprint density at radius 1 is 1.40 bits per heavy atom. The highest BCUT2D eigenvalue weighted by Gasteiger charge is 2.12. The SMILES string of the molecule is Brc1ccc(NCC2CNCCO2)cc1. The van der Waals surface area contributed by atoms with Gasteiger partial charge in [-0.25, -0.2) is 0 Å². The van der Waals surface area contributed by atoms with Gasteiger partial charge in [-0.2, -0.15) is 0 Å². The molecule has 0 amide bonds. The van der Waals surface area contributed by atoms with Gasteiger partial charge in [-0.05, 0) is 24.3 Å². The molecular weight excluding hydrogens is 256 g/mol. The first-order valence-electron chi connectivity index (χ1n) is 5.16. The fraction of sp³-hybridized carbons (Fsp3) is 0.455. The van der Waals surface area contributed by atoms with E-state index in [1.54, 1.807) is 0 Å². The minimum absolute atomic E-state index is 0.280. The average molecular weight is 271 g/mol. The summed E-state index contributed by atoms with van der Waals surface area (Å²) in [7, 11) is 0. The number of hydrogen-bond donors (Lipinski definition) is 2. The van der Waals surface area contributed by atoms with Gasteiger partial charge in [0.05, 0.1) is 12.7 Å². The summed E-state index contributed by atoms with van der Waals surface area (Å²) in [6.45, 7) is 3.57. The van der Waals surface area contributed by atoms with Crippen LogP contribution in [0.15, 0.2) is 28.7 Å². The predicted molar refractivity (Wildman–Crippen MR) is 65.2 cm³/mol. The van der Waals surface area contributed by atoms with Gasteiger partial charge in [-0.1, -0.05) is 15.9 Å². The first-order chi connectivity index (χ1) is 7.34. The van der Waals surface area contributed by atoms with Crippen LogP contribution in [0, 0.1) is 0 Å². The van der Waals surface area contributed by atoms with Gasteiger partial charge in [0.2, 0.25) is 0 Å². The summed E-state index contributed by atoms with van der Waals surface area (Å²) >= 11 is 3.41. The number of anilines is 1. The quantitative estimate of drug-likeness (QED) is 0.880. The fourth-order valence-corrected chi connectivity index (χ4v) is 1.81. The Morgan fingerprint density at radius 2 is 2.20 bits per heavy atom. The molecule has 4 heteroatoms. The zero-order valence-corrected chi connectivity index (χ0v) is 10.1. The molecule has 1 heterocycles. The summed E-state index contributed by atoms with van der Waals surface area (Å²) in [6, 6.07) is 8.17. The minimum atomic E-state index is 0.280. The minimum Gasteiger partial charge on any atom is -0.382 e. The van der Waals surface area contributed by atoms with Crippen LogP contribution in [0.25, 0.3) is 0 Å². The normalized spacial score (nSPS) is 21.3. The summed E-state index contributed by atoms with van der Waals surface area (Å²) in [5.41, 5.74) is 1.13. The number of ether oxygens (including phenoxy) is 1. The second-order valence-corrected chi connectivity index (χ2v) is 4.50. The molecule has 1 unspecified atom stereocenters. The van der Waals surface area contributed by atoms with Gasteiger partial charge in [0.25, 0.3) is 0 Å². The van der Waals surface area contributed by atoms with Crippen molar-refractivity contribution in [3.63, 3.8) is 0 Å². The highest BCUT2D eigenvalue weighted by atomic mass is 79.9. The Kier molecular flexibility index (Phi) is 4.00. The summed E-state index contributed by atoms with van der Waals surface area (Å²) in [5, 5.41) is 6.66. The van der Waals surface area contributed by atoms with E-state index >= 15 is 0 Å². The maximum Gasteiger partial charge on any atom is 0.0872 e. The van der Waals surface area contributed by atoms with E-state index in [2.05, 4.69) is 38.7 Å². The molecule has 1 aliphatic rings. The lowest BCUT2D eigenvalue weighted by molar-refractivity contribution is 0.0372. The van der Waals surface area contributed by atoms with Crippen molar-refractivity contribution in [2.24, 2.45) is 0 Å². The molecule has 0 spiro atoms. The number of nitrogens with one attached hydrogen (secondary N) is 2. The summed E-state index contributed by atoms with van der Waals surface area (Å²) in [5.74, 6) is 0. The van der Waals surface area contributed by atoms with E-state index in [9.17, 15) is 0 Å². The molecule has 0 aliphatic carbocycles. The molecule has 0 saturated carbocycles. The molecule has 1 aliphatic heterocycles. The van der Waals surface area contributed by atoms with E-state index in [0.29, 0.717) is 0 Å². The summed E-state index contributed by atoms with van der Waals surface area (Å²) < 4.78 is 6.69. The lowest BCUT2D eigenvalue weighted by Crippen LogP contribution is -2.42. The van der Waals surface area contributed by atoms with Gasteiger partial charge in [-0.15, -0.1) is 0 Å². The number of morpholine rings is 1. The predicted octanol–water partition coefficient (Wildman–Crippen LogP) is 1.85. The van der Waals surface area contributed by atoms with Crippen molar-refractivity contribution in [1.82, 2.24) is 5.32 Å². The van der Waals surface area contributed by atoms with Crippen LogP contribution in [0.2, 0.25) is 0 Å². The van der Waals surface area contributed by atoms with Crippen molar-refractivity contribution < 1.29 is 4.74 Å². The lowest BCUT2D eigenvalue weighted by atomic mass is 10.2. The first-order valence-corrected chi connectivity index (χ1v) is 5.95. The summed E-state index contributed by atoms with van der Waals surface area (Å²) in [6.07, 6.45) is 0.280. The van der Waals surface area contributed by atoms with E-state index in [1.165, 1.54) is 0 Å². The molecule has 0 bridgehead atoms. The van der Waals surface area contributed by atoms with Crippen LogP contribution in [0.1, 0.15) is 0 Å². The smallest absolute Gasteiger partial charge is 0.0872 e. The molecule has 1 aromatic carbocycles. The number of halogens is 1. The third kappa shape index (κ3) is 3.48. The molecule has 2 N–H and O–H groups in total. The molecule has 15 heavy (non-hydrogen) atoms. The van der Waals surface area contributed by atoms with E-state index in [-0.39, 0.29) is 6.10 Å². The topological polar surface area (TPSA) is 33.3 Å². The molecule has 1 aromatic rings. The lowest BCUT2D eigenvalue weighted by Gasteiger charge is -2.24. The van der Waals surface area contributed by atoms with E-state index in [4.69, 9.17) is 4.74 Å². The van der Waals surface area contributed by atoms with Crippen LogP contribution in [0.4, 0.5) is 5.69 Å². The number of benzene rings is 1. The Balaban J connectivity index is 1.79. The van der Waals surface area contributed by atoms with Crippen molar-refractivity contribution in [2.75, 3.05) is 31.6 Å². The van der Waals surface area contributed by atoms with Gasteiger partial charge in [0, 0.05) is 29.8 Å². The van der Waals surface area contributed by atoms with E-state index in [1.807, 2.05) is 12.1 Å².